The third-order valence-electron chi connectivity index (χ3n) is 3.07. The highest BCUT2D eigenvalue weighted by molar-refractivity contribution is 5.95. The molecule has 1 aliphatic carbocycles. The minimum atomic E-state index is -1.33. The molecule has 0 radical (unpaired) electrons. The van der Waals surface area contributed by atoms with E-state index in [0.29, 0.717) is 0 Å². The molecule has 7 nitrogen and oxygen atoms in total. The zero-order valence-corrected chi connectivity index (χ0v) is 10.2. The quantitative estimate of drug-likeness (QED) is 0.593. The van der Waals surface area contributed by atoms with Gasteiger partial charge in [-0.1, -0.05) is 6.07 Å². The Morgan fingerprint density at radius 3 is 2.63 bits per heavy atom. The number of benzene rings is 1. The molecule has 1 saturated carbocycles. The number of nitro benzene ring substituents is 1. The molecule has 19 heavy (non-hydrogen) atoms. The first-order valence-corrected chi connectivity index (χ1v) is 5.94. The standard InChI is InChI=1S/C12H14N2O5/c15-7-6-13(8-4-5-8)10-3-1-2-9(12(16)17)11(10)14(18)19/h1-3,8,15H,4-7H2,(H,16,17). The molecule has 0 aliphatic heterocycles. The molecule has 0 amide bonds. The van der Waals surface area contributed by atoms with Gasteiger partial charge < -0.3 is 15.1 Å². The number of aliphatic hydroxyl groups is 1. The van der Waals surface area contributed by atoms with Crippen molar-refractivity contribution < 1.29 is 19.9 Å². The van der Waals surface area contributed by atoms with Crippen LogP contribution in [0.25, 0.3) is 0 Å². The van der Waals surface area contributed by atoms with Crippen molar-refractivity contribution in [3.63, 3.8) is 0 Å². The Morgan fingerprint density at radius 1 is 1.47 bits per heavy atom. The van der Waals surface area contributed by atoms with E-state index in [1.807, 2.05) is 0 Å². The summed E-state index contributed by atoms with van der Waals surface area (Å²) in [6, 6.07) is 4.38. The summed E-state index contributed by atoms with van der Waals surface area (Å²) in [5.41, 5.74) is -0.470. The molecule has 2 rings (SSSR count). The normalized spacial score (nSPS) is 14.2. The molecule has 1 aromatic carbocycles. The van der Waals surface area contributed by atoms with E-state index in [2.05, 4.69) is 0 Å². The van der Waals surface area contributed by atoms with Gasteiger partial charge in [0.25, 0.3) is 0 Å². The summed E-state index contributed by atoms with van der Waals surface area (Å²) < 4.78 is 0. The second kappa shape index (κ2) is 5.23. The summed E-state index contributed by atoms with van der Waals surface area (Å²) in [7, 11) is 0. The van der Waals surface area contributed by atoms with E-state index in [4.69, 9.17) is 10.2 Å². The first-order valence-electron chi connectivity index (χ1n) is 5.94. The maximum atomic E-state index is 11.2. The van der Waals surface area contributed by atoms with Gasteiger partial charge >= 0.3 is 11.7 Å². The molecule has 102 valence electrons. The number of anilines is 1. The molecular weight excluding hydrogens is 252 g/mol. The number of aromatic carboxylic acids is 1. The van der Waals surface area contributed by atoms with E-state index in [0.717, 1.165) is 12.8 Å². The predicted molar refractivity (Wildman–Crippen MR) is 67.5 cm³/mol. The summed E-state index contributed by atoms with van der Waals surface area (Å²) in [6.07, 6.45) is 1.79. The number of carbonyl (C=O) groups is 1. The Hall–Kier alpha value is -2.15. The summed E-state index contributed by atoms with van der Waals surface area (Å²) in [4.78, 5) is 23.3. The number of carboxylic acids is 1. The topological polar surface area (TPSA) is 104 Å². The largest absolute Gasteiger partial charge is 0.477 e. The predicted octanol–water partition coefficient (Wildman–Crippen LogP) is 1.25. The molecule has 1 fully saturated rings. The molecule has 0 spiro atoms. The average molecular weight is 266 g/mol. The lowest BCUT2D eigenvalue weighted by molar-refractivity contribution is -0.384. The van der Waals surface area contributed by atoms with Crippen molar-refractivity contribution in [2.45, 2.75) is 18.9 Å². The molecule has 7 heteroatoms. The van der Waals surface area contributed by atoms with Crippen LogP contribution in [0.5, 0.6) is 0 Å². The van der Waals surface area contributed by atoms with Gasteiger partial charge in [-0.25, -0.2) is 4.79 Å². The highest BCUT2D eigenvalue weighted by atomic mass is 16.6. The summed E-state index contributed by atoms with van der Waals surface area (Å²) >= 11 is 0. The zero-order chi connectivity index (χ0) is 14.0. The molecular formula is C12H14N2O5. The second-order valence-corrected chi connectivity index (χ2v) is 4.38. The van der Waals surface area contributed by atoms with E-state index < -0.39 is 16.6 Å². The summed E-state index contributed by atoms with van der Waals surface area (Å²) in [5.74, 6) is -1.33. The fourth-order valence-electron chi connectivity index (χ4n) is 2.12. The van der Waals surface area contributed by atoms with Crippen LogP contribution in [0.15, 0.2) is 18.2 Å². The number of para-hydroxylation sites is 1. The Bertz CT molecular complexity index is 513. The van der Waals surface area contributed by atoms with Gasteiger partial charge in [0.15, 0.2) is 0 Å². The molecule has 0 bridgehead atoms. The van der Waals surface area contributed by atoms with Crippen molar-refractivity contribution >= 4 is 17.3 Å². The number of carboxylic acid groups (broad SMARTS) is 1. The van der Waals surface area contributed by atoms with Gasteiger partial charge in [0, 0.05) is 12.6 Å². The smallest absolute Gasteiger partial charge is 0.342 e. The van der Waals surface area contributed by atoms with Crippen LogP contribution in [0, 0.1) is 10.1 Å². The van der Waals surface area contributed by atoms with Crippen LogP contribution in [0.3, 0.4) is 0 Å². The van der Waals surface area contributed by atoms with Crippen LogP contribution >= 0.6 is 0 Å². The number of aliphatic hydroxyl groups excluding tert-OH is 1. The Morgan fingerprint density at radius 2 is 2.16 bits per heavy atom. The first kappa shape index (κ1) is 13.3. The molecule has 1 aliphatic rings. The van der Waals surface area contributed by atoms with Crippen molar-refractivity contribution in [2.24, 2.45) is 0 Å². The minimum Gasteiger partial charge on any atom is -0.477 e. The number of nitrogens with zero attached hydrogens (tertiary/aromatic N) is 2. The highest BCUT2D eigenvalue weighted by Crippen LogP contribution is 2.38. The molecule has 0 unspecified atom stereocenters. The van der Waals surface area contributed by atoms with E-state index in [1.54, 1.807) is 4.90 Å². The fraction of sp³-hybridized carbons (Fsp3) is 0.417. The second-order valence-electron chi connectivity index (χ2n) is 4.38. The fourth-order valence-corrected chi connectivity index (χ4v) is 2.12. The molecule has 0 saturated heterocycles. The van der Waals surface area contributed by atoms with Gasteiger partial charge in [-0.05, 0) is 25.0 Å². The number of hydrogen-bond donors (Lipinski definition) is 2. The maximum Gasteiger partial charge on any atom is 0.342 e. The molecule has 0 atom stereocenters. The molecule has 0 aromatic heterocycles. The highest BCUT2D eigenvalue weighted by Gasteiger charge is 2.34. The van der Waals surface area contributed by atoms with Crippen LogP contribution in [-0.4, -0.2) is 40.3 Å². The molecule has 2 N–H and O–H groups in total. The summed E-state index contributed by atoms with van der Waals surface area (Å²) in [6.45, 7) is 0.125. The minimum absolute atomic E-state index is 0.134. The van der Waals surface area contributed by atoms with Gasteiger partial charge in [0.05, 0.1) is 11.5 Å². The molecule has 0 heterocycles. The Kier molecular flexibility index (Phi) is 3.66. The maximum absolute atomic E-state index is 11.2. The van der Waals surface area contributed by atoms with Crippen molar-refractivity contribution in [3.05, 3.63) is 33.9 Å². The van der Waals surface area contributed by atoms with E-state index in [-0.39, 0.29) is 30.4 Å². The monoisotopic (exact) mass is 266 g/mol. The average Bonchev–Trinajstić information content (AvgIpc) is 3.19. The van der Waals surface area contributed by atoms with Crippen LogP contribution in [-0.2, 0) is 0 Å². The van der Waals surface area contributed by atoms with E-state index >= 15 is 0 Å². The molecule has 1 aromatic rings. The lowest BCUT2D eigenvalue weighted by Crippen LogP contribution is -2.29. The third-order valence-corrected chi connectivity index (χ3v) is 3.07. The van der Waals surface area contributed by atoms with Gasteiger partial charge in [-0.2, -0.15) is 0 Å². The van der Waals surface area contributed by atoms with Gasteiger partial charge in [-0.15, -0.1) is 0 Å². The lowest BCUT2D eigenvalue weighted by atomic mass is 10.1. The number of hydrogen-bond acceptors (Lipinski definition) is 5. The van der Waals surface area contributed by atoms with Crippen LogP contribution < -0.4 is 4.90 Å². The van der Waals surface area contributed by atoms with E-state index in [1.165, 1.54) is 18.2 Å². The lowest BCUT2D eigenvalue weighted by Gasteiger charge is -2.23. The Balaban J connectivity index is 2.51. The van der Waals surface area contributed by atoms with Gasteiger partial charge in [-0.3, -0.25) is 10.1 Å². The van der Waals surface area contributed by atoms with Crippen molar-refractivity contribution in [2.75, 3.05) is 18.1 Å². The van der Waals surface area contributed by atoms with Crippen LogP contribution in [0.1, 0.15) is 23.2 Å². The SMILES string of the molecule is O=C(O)c1cccc(N(CCO)C2CC2)c1[N+](=O)[O-]. The van der Waals surface area contributed by atoms with Crippen LogP contribution in [0.4, 0.5) is 11.4 Å². The van der Waals surface area contributed by atoms with Gasteiger partial charge in [0.1, 0.15) is 11.3 Å². The van der Waals surface area contributed by atoms with Gasteiger partial charge in [0.2, 0.25) is 0 Å². The van der Waals surface area contributed by atoms with Crippen molar-refractivity contribution in [1.82, 2.24) is 0 Å². The zero-order valence-electron chi connectivity index (χ0n) is 10.2. The Labute approximate surface area is 109 Å². The third kappa shape index (κ3) is 2.65. The van der Waals surface area contributed by atoms with Crippen molar-refractivity contribution in [1.29, 1.82) is 0 Å². The summed E-state index contributed by atoms with van der Waals surface area (Å²) in [5, 5.41) is 29.2. The number of nitro groups is 1. The van der Waals surface area contributed by atoms with Crippen LogP contribution in [0.2, 0.25) is 0 Å². The van der Waals surface area contributed by atoms with Crippen molar-refractivity contribution in [3.8, 4) is 0 Å². The van der Waals surface area contributed by atoms with E-state index in [9.17, 15) is 14.9 Å². The first-order chi connectivity index (χ1) is 9.06. The number of rotatable bonds is 6.